The summed E-state index contributed by atoms with van der Waals surface area (Å²) in [6.45, 7) is 0. The largest absolute Gasteiger partial charge is 0.480 e. The van der Waals surface area contributed by atoms with Gasteiger partial charge in [0.25, 0.3) is 5.91 Å². The van der Waals surface area contributed by atoms with Gasteiger partial charge in [-0.2, -0.15) is 0 Å². The van der Waals surface area contributed by atoms with Crippen molar-refractivity contribution in [1.29, 1.82) is 0 Å². The van der Waals surface area contributed by atoms with Gasteiger partial charge in [-0.1, -0.05) is 59.6 Å². The number of pyridine rings is 1. The van der Waals surface area contributed by atoms with Gasteiger partial charge in [0.1, 0.15) is 17.6 Å². The Balaban J connectivity index is 1.31. The van der Waals surface area contributed by atoms with Crippen molar-refractivity contribution in [2.75, 3.05) is 5.32 Å². The molecule has 1 aliphatic rings. The third-order valence-electron chi connectivity index (χ3n) is 6.54. The molecule has 0 saturated heterocycles. The van der Waals surface area contributed by atoms with Gasteiger partial charge in [0.2, 0.25) is 0 Å². The smallest absolute Gasteiger partial charge is 0.326 e. The Labute approximate surface area is 225 Å². The predicted molar refractivity (Wildman–Crippen MR) is 143 cm³/mol. The van der Waals surface area contributed by atoms with Crippen LogP contribution in [0.2, 0.25) is 10.0 Å². The Bertz CT molecular complexity index is 1250. The second-order valence-corrected chi connectivity index (χ2v) is 10.0. The molecule has 2 aromatic carbocycles. The van der Waals surface area contributed by atoms with Crippen LogP contribution in [0.1, 0.15) is 40.7 Å². The summed E-state index contributed by atoms with van der Waals surface area (Å²) in [5, 5.41) is 15.8. The number of halogens is 2. The van der Waals surface area contributed by atoms with Crippen LogP contribution in [0.15, 0.2) is 66.9 Å². The molecule has 37 heavy (non-hydrogen) atoms. The summed E-state index contributed by atoms with van der Waals surface area (Å²) in [6.07, 6.45) is 4.68. The number of Topliss-reactive ketones (excluding diaryl/α,β-unsaturated/α-hetero) is 1. The van der Waals surface area contributed by atoms with Crippen molar-refractivity contribution in [1.82, 2.24) is 10.3 Å². The summed E-state index contributed by atoms with van der Waals surface area (Å²) in [6, 6.07) is 16.6. The van der Waals surface area contributed by atoms with Crippen molar-refractivity contribution in [3.63, 3.8) is 0 Å². The monoisotopic (exact) mass is 539 g/mol. The van der Waals surface area contributed by atoms with Crippen molar-refractivity contribution >= 4 is 46.7 Å². The second-order valence-electron chi connectivity index (χ2n) is 9.19. The first-order valence-electron chi connectivity index (χ1n) is 12.1. The average molecular weight is 540 g/mol. The van der Waals surface area contributed by atoms with E-state index in [0.717, 1.165) is 36.2 Å². The molecule has 1 amide bonds. The number of carboxylic acid groups (broad SMARTS) is 1. The zero-order valence-corrected chi connectivity index (χ0v) is 21.5. The van der Waals surface area contributed by atoms with Crippen LogP contribution >= 0.6 is 23.2 Å². The number of aromatic nitrogens is 1. The van der Waals surface area contributed by atoms with Crippen molar-refractivity contribution in [3.05, 3.63) is 93.6 Å². The average Bonchev–Trinajstić information content (AvgIpc) is 3.34. The third kappa shape index (κ3) is 7.08. The minimum absolute atomic E-state index is 0.00382. The summed E-state index contributed by atoms with van der Waals surface area (Å²) in [4.78, 5) is 41.6. The number of benzene rings is 2. The van der Waals surface area contributed by atoms with Gasteiger partial charge in [-0.15, -0.1) is 0 Å². The summed E-state index contributed by atoms with van der Waals surface area (Å²) >= 11 is 12.1. The van der Waals surface area contributed by atoms with Crippen molar-refractivity contribution in [2.24, 2.45) is 5.92 Å². The minimum atomic E-state index is -1.18. The van der Waals surface area contributed by atoms with E-state index < -0.39 is 17.9 Å². The third-order valence-corrected chi connectivity index (χ3v) is 7.17. The van der Waals surface area contributed by atoms with E-state index in [1.54, 1.807) is 24.4 Å². The number of amides is 1. The standard InChI is InChI=1S/C28H27Cl2N3O4/c29-21-4-3-5-22(30)26(21)27(35)33-23(28(36)37)14-17-7-9-18(10-8-17)15-24(34)19-11-12-20(16-19)32-25-6-1-2-13-31-25/h1-10,13,19-20,23H,11-12,14-16H2,(H,31,32)(H,33,35)(H,36,37)/t19-,20-,23-/m0/s1. The number of carbonyl (C=O) groups is 3. The van der Waals surface area contributed by atoms with E-state index in [1.807, 2.05) is 30.3 Å². The van der Waals surface area contributed by atoms with Crippen LogP contribution in [0, 0.1) is 5.92 Å². The number of carbonyl (C=O) groups excluding carboxylic acids is 2. The molecular weight excluding hydrogens is 513 g/mol. The van der Waals surface area contributed by atoms with E-state index in [1.165, 1.54) is 12.1 Å². The lowest BCUT2D eigenvalue weighted by Gasteiger charge is -2.16. The van der Waals surface area contributed by atoms with Gasteiger partial charge in [0.15, 0.2) is 0 Å². The highest BCUT2D eigenvalue weighted by atomic mass is 35.5. The Hall–Kier alpha value is -3.42. The molecule has 1 aromatic heterocycles. The van der Waals surface area contributed by atoms with Crippen LogP contribution in [0.4, 0.5) is 5.82 Å². The molecular formula is C28H27Cl2N3O4. The van der Waals surface area contributed by atoms with Gasteiger partial charge in [-0.25, -0.2) is 9.78 Å². The van der Waals surface area contributed by atoms with Crippen LogP contribution in [0.25, 0.3) is 0 Å². The fraction of sp³-hybridized carbons (Fsp3) is 0.286. The second kappa shape index (κ2) is 12.2. The molecule has 0 spiro atoms. The maximum atomic E-state index is 12.9. The van der Waals surface area contributed by atoms with E-state index in [4.69, 9.17) is 23.2 Å². The van der Waals surface area contributed by atoms with Gasteiger partial charge in [-0.3, -0.25) is 9.59 Å². The van der Waals surface area contributed by atoms with Crippen LogP contribution in [-0.2, 0) is 22.4 Å². The van der Waals surface area contributed by atoms with E-state index in [0.29, 0.717) is 6.42 Å². The molecule has 0 aliphatic heterocycles. The lowest BCUT2D eigenvalue weighted by Crippen LogP contribution is -2.42. The van der Waals surface area contributed by atoms with Crippen molar-refractivity contribution in [2.45, 2.75) is 44.2 Å². The molecule has 4 rings (SSSR count). The van der Waals surface area contributed by atoms with Gasteiger partial charge in [0, 0.05) is 31.0 Å². The lowest BCUT2D eigenvalue weighted by atomic mass is 9.95. The number of hydrogen-bond donors (Lipinski definition) is 3. The highest BCUT2D eigenvalue weighted by Crippen LogP contribution is 2.29. The van der Waals surface area contributed by atoms with E-state index in [9.17, 15) is 19.5 Å². The first-order valence-corrected chi connectivity index (χ1v) is 12.8. The number of aliphatic carboxylic acids is 1. The molecule has 1 saturated carbocycles. The summed E-state index contributed by atoms with van der Waals surface area (Å²) in [5.41, 5.74) is 1.62. The first-order chi connectivity index (χ1) is 17.8. The zero-order chi connectivity index (χ0) is 26.4. The van der Waals surface area contributed by atoms with Crippen molar-refractivity contribution in [3.8, 4) is 0 Å². The number of carboxylic acids is 1. The summed E-state index contributed by atoms with van der Waals surface area (Å²) in [5.74, 6) is -0.806. The first kappa shape index (κ1) is 26.6. The molecule has 0 bridgehead atoms. The quantitative estimate of drug-likeness (QED) is 0.326. The highest BCUT2D eigenvalue weighted by molar-refractivity contribution is 6.39. The molecule has 1 heterocycles. The molecule has 1 fully saturated rings. The molecule has 3 aromatic rings. The van der Waals surface area contributed by atoms with Crippen LogP contribution in [0.3, 0.4) is 0 Å². The molecule has 192 valence electrons. The fourth-order valence-electron chi connectivity index (χ4n) is 4.58. The molecule has 0 radical (unpaired) electrons. The lowest BCUT2D eigenvalue weighted by molar-refractivity contribution is -0.139. The molecule has 9 heteroatoms. The number of rotatable bonds is 10. The summed E-state index contributed by atoms with van der Waals surface area (Å²) < 4.78 is 0. The number of nitrogens with one attached hydrogen (secondary N) is 2. The highest BCUT2D eigenvalue weighted by Gasteiger charge is 2.30. The maximum Gasteiger partial charge on any atom is 0.326 e. The van der Waals surface area contributed by atoms with Gasteiger partial charge in [-0.05, 0) is 54.7 Å². The Morgan fingerprint density at radius 2 is 1.65 bits per heavy atom. The van der Waals surface area contributed by atoms with E-state index in [-0.39, 0.29) is 39.8 Å². The molecule has 3 N–H and O–H groups in total. The number of nitrogens with zero attached hydrogens (tertiary/aromatic N) is 1. The molecule has 1 aliphatic carbocycles. The Kier molecular flexibility index (Phi) is 8.79. The molecule has 7 nitrogen and oxygen atoms in total. The topological polar surface area (TPSA) is 108 Å². The zero-order valence-electron chi connectivity index (χ0n) is 20.0. The number of anilines is 1. The number of hydrogen-bond acceptors (Lipinski definition) is 5. The molecule has 3 atom stereocenters. The SMILES string of the molecule is O=C(N[C@@H](Cc1ccc(CC(=O)[C@H]2CC[C@H](Nc3ccccn3)C2)cc1)C(=O)O)c1c(Cl)cccc1Cl. The van der Waals surface area contributed by atoms with Gasteiger partial charge < -0.3 is 15.7 Å². The Morgan fingerprint density at radius 1 is 0.946 bits per heavy atom. The molecule has 0 unspecified atom stereocenters. The Morgan fingerprint density at radius 3 is 2.30 bits per heavy atom. The summed E-state index contributed by atoms with van der Waals surface area (Å²) in [7, 11) is 0. The maximum absolute atomic E-state index is 12.9. The van der Waals surface area contributed by atoms with Gasteiger partial charge >= 0.3 is 5.97 Å². The fourth-order valence-corrected chi connectivity index (χ4v) is 5.15. The van der Waals surface area contributed by atoms with Crippen LogP contribution in [0.5, 0.6) is 0 Å². The van der Waals surface area contributed by atoms with E-state index in [2.05, 4.69) is 15.6 Å². The minimum Gasteiger partial charge on any atom is -0.480 e. The van der Waals surface area contributed by atoms with E-state index >= 15 is 0 Å². The predicted octanol–water partition coefficient (Wildman–Crippen LogP) is 5.21. The van der Waals surface area contributed by atoms with Crippen LogP contribution < -0.4 is 10.6 Å². The van der Waals surface area contributed by atoms with Crippen LogP contribution in [-0.4, -0.2) is 39.8 Å². The normalized spacial score (nSPS) is 17.7. The van der Waals surface area contributed by atoms with Gasteiger partial charge in [0.05, 0.1) is 15.6 Å². The number of ketones is 1. The van der Waals surface area contributed by atoms with Crippen molar-refractivity contribution < 1.29 is 19.5 Å².